The van der Waals surface area contributed by atoms with Crippen LogP contribution in [-0.2, 0) is 11.2 Å². The van der Waals surface area contributed by atoms with Gasteiger partial charge in [0.15, 0.2) is 5.82 Å². The number of hydrogen-bond donors (Lipinski definition) is 1. The largest absolute Gasteiger partial charge is 0.389 e. The molecule has 0 aliphatic heterocycles. The Kier molecular flexibility index (Phi) is 4.25. The Morgan fingerprint density at radius 1 is 1.50 bits per heavy atom. The van der Waals surface area contributed by atoms with Crippen molar-refractivity contribution in [3.63, 3.8) is 0 Å². The van der Waals surface area contributed by atoms with Crippen molar-refractivity contribution in [2.24, 2.45) is 5.73 Å². The molecule has 0 saturated heterocycles. The highest BCUT2D eigenvalue weighted by molar-refractivity contribution is 4.93. The lowest BCUT2D eigenvalue weighted by molar-refractivity contribution is -0.134. The molecule has 5 nitrogen and oxygen atoms in total. The number of nitrogens with zero attached hydrogens (tertiary/aromatic N) is 2. The topological polar surface area (TPSA) is 74.2 Å². The minimum Gasteiger partial charge on any atom is -0.383 e. The molecule has 0 spiro atoms. The fourth-order valence-electron chi connectivity index (χ4n) is 1.02. The van der Waals surface area contributed by atoms with Crippen molar-refractivity contribution in [2.45, 2.75) is 25.1 Å². The van der Waals surface area contributed by atoms with Crippen molar-refractivity contribution >= 4 is 0 Å². The summed E-state index contributed by atoms with van der Waals surface area (Å²) in [4.78, 5) is 3.75. The summed E-state index contributed by atoms with van der Waals surface area (Å²) in [5, 5.41) is 3.48. The molecule has 1 unspecified atom stereocenters. The van der Waals surface area contributed by atoms with Gasteiger partial charge in [-0.2, -0.15) is 18.2 Å². The monoisotopic (exact) mass is 239 g/mol. The van der Waals surface area contributed by atoms with Gasteiger partial charge >= 0.3 is 6.18 Å². The quantitative estimate of drug-likeness (QED) is 0.835. The molecule has 0 saturated carbocycles. The van der Waals surface area contributed by atoms with Crippen molar-refractivity contribution in [2.75, 3.05) is 13.7 Å². The summed E-state index contributed by atoms with van der Waals surface area (Å²) in [6, 6.07) is -0.589. The molecule has 1 aromatic heterocycles. The van der Waals surface area contributed by atoms with E-state index in [-0.39, 0.29) is 24.7 Å². The van der Waals surface area contributed by atoms with E-state index in [1.165, 1.54) is 7.11 Å². The Bertz CT molecular complexity index is 327. The number of rotatable bonds is 5. The highest BCUT2D eigenvalue weighted by Gasteiger charge is 2.28. The zero-order valence-corrected chi connectivity index (χ0v) is 8.62. The van der Waals surface area contributed by atoms with E-state index in [2.05, 4.69) is 14.7 Å². The molecular formula is C8H12F3N3O2. The number of alkyl halides is 3. The Morgan fingerprint density at radius 3 is 2.75 bits per heavy atom. The molecule has 1 atom stereocenters. The third kappa shape index (κ3) is 4.15. The van der Waals surface area contributed by atoms with Gasteiger partial charge < -0.3 is 15.0 Å². The molecule has 0 aliphatic carbocycles. The van der Waals surface area contributed by atoms with Crippen LogP contribution in [0.5, 0.6) is 0 Å². The number of halogens is 3. The van der Waals surface area contributed by atoms with Gasteiger partial charge in [0.2, 0.25) is 5.89 Å². The van der Waals surface area contributed by atoms with Gasteiger partial charge in [0.25, 0.3) is 0 Å². The van der Waals surface area contributed by atoms with Crippen LogP contribution in [0.25, 0.3) is 0 Å². The number of aryl methyl sites for hydroxylation is 1. The minimum atomic E-state index is -4.23. The molecular weight excluding hydrogens is 227 g/mol. The molecule has 8 heteroatoms. The maximum absolute atomic E-state index is 11.9. The molecule has 16 heavy (non-hydrogen) atoms. The van der Waals surface area contributed by atoms with E-state index in [0.717, 1.165) is 0 Å². The van der Waals surface area contributed by atoms with Crippen LogP contribution in [0.4, 0.5) is 13.2 Å². The standard InChI is InChI=1S/C8H12F3N3O2/c1-15-4-5(12)7-13-6(16-14-7)2-3-8(9,10)11/h5H,2-4,12H2,1H3. The molecule has 0 radical (unpaired) electrons. The Morgan fingerprint density at radius 2 is 2.19 bits per heavy atom. The molecule has 2 N–H and O–H groups in total. The lowest BCUT2D eigenvalue weighted by Crippen LogP contribution is -2.17. The van der Waals surface area contributed by atoms with Gasteiger partial charge in [-0.1, -0.05) is 5.16 Å². The van der Waals surface area contributed by atoms with E-state index in [0.29, 0.717) is 0 Å². The molecule has 0 aromatic carbocycles. The predicted octanol–water partition coefficient (Wildman–Crippen LogP) is 1.21. The maximum atomic E-state index is 11.9. The highest BCUT2D eigenvalue weighted by Crippen LogP contribution is 2.21. The second-order valence-corrected chi connectivity index (χ2v) is 3.22. The average molecular weight is 239 g/mol. The fraction of sp³-hybridized carbons (Fsp3) is 0.750. The average Bonchev–Trinajstić information content (AvgIpc) is 2.62. The van der Waals surface area contributed by atoms with Gasteiger partial charge in [0.05, 0.1) is 19.1 Å². The van der Waals surface area contributed by atoms with Gasteiger partial charge in [0.1, 0.15) is 0 Å². The molecule has 0 bridgehead atoms. The SMILES string of the molecule is COCC(N)c1noc(CCC(F)(F)F)n1. The first kappa shape index (κ1) is 12.9. The summed E-state index contributed by atoms with van der Waals surface area (Å²) in [6.45, 7) is 0.179. The lowest BCUT2D eigenvalue weighted by Gasteiger charge is -2.03. The Balaban J connectivity index is 2.51. The number of hydrogen-bond acceptors (Lipinski definition) is 5. The van der Waals surface area contributed by atoms with Crippen LogP contribution in [0.2, 0.25) is 0 Å². The molecule has 0 fully saturated rings. The van der Waals surface area contributed by atoms with Crippen LogP contribution in [0.15, 0.2) is 4.52 Å². The van der Waals surface area contributed by atoms with Crippen molar-refractivity contribution in [3.8, 4) is 0 Å². The third-order valence-corrected chi connectivity index (χ3v) is 1.78. The van der Waals surface area contributed by atoms with Gasteiger partial charge in [-0.3, -0.25) is 0 Å². The van der Waals surface area contributed by atoms with Gasteiger partial charge in [0, 0.05) is 13.5 Å². The first-order chi connectivity index (χ1) is 7.42. The number of nitrogens with two attached hydrogens (primary N) is 1. The summed E-state index contributed by atoms with van der Waals surface area (Å²) in [5.74, 6) is 0.0814. The summed E-state index contributed by atoms with van der Waals surface area (Å²) < 4.78 is 45.1. The van der Waals surface area contributed by atoms with E-state index < -0.39 is 18.6 Å². The van der Waals surface area contributed by atoms with Crippen LogP contribution < -0.4 is 5.73 Å². The van der Waals surface area contributed by atoms with Crippen LogP contribution >= 0.6 is 0 Å². The van der Waals surface area contributed by atoms with E-state index in [1.807, 2.05) is 0 Å². The second kappa shape index (κ2) is 5.26. The Labute approximate surface area is 89.8 Å². The molecule has 1 aromatic rings. The highest BCUT2D eigenvalue weighted by atomic mass is 19.4. The smallest absolute Gasteiger partial charge is 0.383 e. The van der Waals surface area contributed by atoms with Crippen LogP contribution in [-0.4, -0.2) is 30.0 Å². The summed E-state index contributed by atoms with van der Waals surface area (Å²) >= 11 is 0. The van der Waals surface area contributed by atoms with Crippen molar-refractivity contribution < 1.29 is 22.4 Å². The van der Waals surface area contributed by atoms with Gasteiger partial charge in [-0.05, 0) is 0 Å². The predicted molar refractivity (Wildman–Crippen MR) is 47.5 cm³/mol. The van der Waals surface area contributed by atoms with Crippen molar-refractivity contribution in [3.05, 3.63) is 11.7 Å². The van der Waals surface area contributed by atoms with E-state index in [9.17, 15) is 13.2 Å². The lowest BCUT2D eigenvalue weighted by atomic mass is 10.3. The van der Waals surface area contributed by atoms with Gasteiger partial charge in [-0.15, -0.1) is 0 Å². The summed E-state index contributed by atoms with van der Waals surface area (Å²) in [6.07, 6.45) is -5.56. The molecule has 0 amide bonds. The number of aromatic nitrogens is 2. The summed E-state index contributed by atoms with van der Waals surface area (Å²) in [5.41, 5.74) is 5.57. The summed E-state index contributed by atoms with van der Waals surface area (Å²) in [7, 11) is 1.45. The third-order valence-electron chi connectivity index (χ3n) is 1.78. The first-order valence-electron chi connectivity index (χ1n) is 4.56. The fourth-order valence-corrected chi connectivity index (χ4v) is 1.02. The minimum absolute atomic E-state index is 0.0705. The second-order valence-electron chi connectivity index (χ2n) is 3.22. The number of ether oxygens (including phenoxy) is 1. The normalized spacial score (nSPS) is 14.1. The number of methoxy groups -OCH3 is 1. The Hall–Kier alpha value is -1.15. The van der Waals surface area contributed by atoms with Gasteiger partial charge in [-0.25, -0.2) is 0 Å². The first-order valence-corrected chi connectivity index (χ1v) is 4.56. The molecule has 1 heterocycles. The van der Waals surface area contributed by atoms with Crippen molar-refractivity contribution in [1.29, 1.82) is 0 Å². The van der Waals surface area contributed by atoms with Crippen LogP contribution in [0.1, 0.15) is 24.2 Å². The van der Waals surface area contributed by atoms with Crippen LogP contribution in [0, 0.1) is 0 Å². The molecule has 1 rings (SSSR count). The maximum Gasteiger partial charge on any atom is 0.389 e. The van der Waals surface area contributed by atoms with E-state index >= 15 is 0 Å². The van der Waals surface area contributed by atoms with Crippen LogP contribution in [0.3, 0.4) is 0 Å². The molecule has 0 aliphatic rings. The zero-order valence-electron chi connectivity index (χ0n) is 8.62. The van der Waals surface area contributed by atoms with E-state index in [4.69, 9.17) is 10.5 Å². The van der Waals surface area contributed by atoms with E-state index in [1.54, 1.807) is 0 Å². The van der Waals surface area contributed by atoms with Crippen molar-refractivity contribution in [1.82, 2.24) is 10.1 Å². The molecule has 92 valence electrons. The zero-order chi connectivity index (χ0) is 12.2.